The highest BCUT2D eigenvalue weighted by molar-refractivity contribution is 6.42. The minimum Gasteiger partial charge on any atom is -0.496 e. The van der Waals surface area contributed by atoms with Crippen LogP contribution in [0.1, 0.15) is 12.0 Å². The third-order valence-electron chi connectivity index (χ3n) is 3.19. The van der Waals surface area contributed by atoms with Crippen molar-refractivity contribution < 1.29 is 14.3 Å². The number of nitrogens with one attached hydrogen (secondary N) is 2. The number of anilines is 1. The van der Waals surface area contributed by atoms with Crippen LogP contribution in [0.2, 0.25) is 10.0 Å². The second-order valence-corrected chi connectivity index (χ2v) is 5.76. The number of hydrogen-bond acceptors (Lipinski definition) is 3. The molecule has 0 bridgehead atoms. The van der Waals surface area contributed by atoms with Crippen molar-refractivity contribution in [2.75, 3.05) is 12.4 Å². The van der Waals surface area contributed by atoms with Crippen LogP contribution < -0.4 is 15.4 Å². The standard InChI is InChI=1S/C17H16Cl2N2O3/c1-24-15-5-3-2-4-11(15)10-20-16(22)9-17(23)21-12-6-7-13(18)14(19)8-12/h2-8H,9-10H2,1H3,(H,20,22)(H,21,23). The van der Waals surface area contributed by atoms with Crippen LogP contribution in [0.15, 0.2) is 42.5 Å². The molecule has 0 saturated heterocycles. The predicted octanol–water partition coefficient (Wildman–Crippen LogP) is 3.65. The highest BCUT2D eigenvalue weighted by Gasteiger charge is 2.11. The summed E-state index contributed by atoms with van der Waals surface area (Å²) < 4.78 is 5.20. The molecule has 2 rings (SSSR count). The Balaban J connectivity index is 1.85. The third kappa shape index (κ3) is 5.15. The first-order valence-electron chi connectivity index (χ1n) is 7.13. The Morgan fingerprint density at radius 3 is 2.50 bits per heavy atom. The maximum atomic E-state index is 11.9. The Hall–Kier alpha value is -2.24. The van der Waals surface area contributed by atoms with Crippen molar-refractivity contribution >= 4 is 40.7 Å². The molecule has 0 saturated carbocycles. The van der Waals surface area contributed by atoms with Gasteiger partial charge >= 0.3 is 0 Å². The van der Waals surface area contributed by atoms with Gasteiger partial charge in [0.2, 0.25) is 11.8 Å². The van der Waals surface area contributed by atoms with E-state index >= 15 is 0 Å². The molecule has 0 fully saturated rings. The van der Waals surface area contributed by atoms with E-state index in [0.717, 1.165) is 5.56 Å². The van der Waals surface area contributed by atoms with Crippen LogP contribution in [0.25, 0.3) is 0 Å². The SMILES string of the molecule is COc1ccccc1CNC(=O)CC(=O)Nc1ccc(Cl)c(Cl)c1. The molecule has 24 heavy (non-hydrogen) atoms. The minimum absolute atomic E-state index is 0.281. The first kappa shape index (κ1) is 18.1. The summed E-state index contributed by atoms with van der Waals surface area (Å²) in [6.07, 6.45) is -0.296. The molecule has 0 spiro atoms. The van der Waals surface area contributed by atoms with Crippen molar-refractivity contribution in [1.82, 2.24) is 5.32 Å². The molecule has 0 unspecified atom stereocenters. The Labute approximate surface area is 149 Å². The lowest BCUT2D eigenvalue weighted by molar-refractivity contribution is -0.126. The van der Waals surface area contributed by atoms with Gasteiger partial charge in [0.15, 0.2) is 0 Å². The molecule has 2 N–H and O–H groups in total. The number of hydrogen-bond donors (Lipinski definition) is 2. The van der Waals surface area contributed by atoms with E-state index in [1.807, 2.05) is 18.2 Å². The van der Waals surface area contributed by atoms with Crippen LogP contribution >= 0.6 is 23.2 Å². The third-order valence-corrected chi connectivity index (χ3v) is 3.93. The van der Waals surface area contributed by atoms with Gasteiger partial charge in [-0.05, 0) is 24.3 Å². The lowest BCUT2D eigenvalue weighted by Gasteiger charge is -2.10. The van der Waals surface area contributed by atoms with Crippen LogP contribution in [0.5, 0.6) is 5.75 Å². The molecule has 0 heterocycles. The summed E-state index contributed by atoms with van der Waals surface area (Å²) >= 11 is 11.7. The molecule has 0 radical (unpaired) electrons. The molecule has 126 valence electrons. The molecule has 0 aliphatic carbocycles. The highest BCUT2D eigenvalue weighted by atomic mass is 35.5. The van der Waals surface area contributed by atoms with Crippen LogP contribution in [-0.4, -0.2) is 18.9 Å². The number of carbonyl (C=O) groups excluding carboxylic acids is 2. The number of methoxy groups -OCH3 is 1. The number of carbonyl (C=O) groups is 2. The molecular weight excluding hydrogens is 351 g/mol. The zero-order valence-corrected chi connectivity index (χ0v) is 14.4. The Kier molecular flexibility index (Phi) is 6.46. The summed E-state index contributed by atoms with van der Waals surface area (Å²) in [6.45, 7) is 0.281. The molecule has 2 aromatic rings. The monoisotopic (exact) mass is 366 g/mol. The lowest BCUT2D eigenvalue weighted by Crippen LogP contribution is -2.27. The first-order valence-corrected chi connectivity index (χ1v) is 7.88. The van der Waals surface area contributed by atoms with Gasteiger partial charge in [0, 0.05) is 17.8 Å². The van der Waals surface area contributed by atoms with Gasteiger partial charge in [-0.25, -0.2) is 0 Å². The molecule has 2 amide bonds. The summed E-state index contributed by atoms with van der Waals surface area (Å²) in [7, 11) is 1.56. The predicted molar refractivity (Wildman–Crippen MR) is 94.5 cm³/mol. The molecule has 0 aromatic heterocycles. The summed E-state index contributed by atoms with van der Waals surface area (Å²) in [5.41, 5.74) is 1.31. The number of amides is 2. The van der Waals surface area contributed by atoms with Gasteiger partial charge in [-0.2, -0.15) is 0 Å². The van der Waals surface area contributed by atoms with Crippen molar-refractivity contribution in [2.45, 2.75) is 13.0 Å². The largest absolute Gasteiger partial charge is 0.496 e. The molecular formula is C17H16Cl2N2O3. The van der Waals surface area contributed by atoms with Gasteiger partial charge < -0.3 is 15.4 Å². The fourth-order valence-electron chi connectivity index (χ4n) is 2.03. The van der Waals surface area contributed by atoms with Crippen molar-refractivity contribution in [3.05, 3.63) is 58.1 Å². The van der Waals surface area contributed by atoms with E-state index in [9.17, 15) is 9.59 Å². The van der Waals surface area contributed by atoms with Crippen LogP contribution in [-0.2, 0) is 16.1 Å². The zero-order valence-electron chi connectivity index (χ0n) is 12.9. The molecule has 2 aromatic carbocycles. The van der Waals surface area contributed by atoms with Gasteiger partial charge in [-0.1, -0.05) is 41.4 Å². The number of para-hydroxylation sites is 1. The maximum absolute atomic E-state index is 11.9. The summed E-state index contributed by atoms with van der Waals surface area (Å²) in [5, 5.41) is 6.00. The maximum Gasteiger partial charge on any atom is 0.233 e. The van der Waals surface area contributed by atoms with Crippen molar-refractivity contribution in [2.24, 2.45) is 0 Å². The number of benzene rings is 2. The second-order valence-electron chi connectivity index (χ2n) is 4.94. The Morgan fingerprint density at radius 2 is 1.79 bits per heavy atom. The second kappa shape index (κ2) is 8.57. The fourth-order valence-corrected chi connectivity index (χ4v) is 2.33. The quantitative estimate of drug-likeness (QED) is 0.766. The van der Waals surface area contributed by atoms with E-state index in [4.69, 9.17) is 27.9 Å². The summed E-state index contributed by atoms with van der Waals surface area (Å²) in [6, 6.07) is 12.0. The van der Waals surface area contributed by atoms with Crippen molar-refractivity contribution in [1.29, 1.82) is 0 Å². The highest BCUT2D eigenvalue weighted by Crippen LogP contribution is 2.25. The Morgan fingerprint density at radius 1 is 1.04 bits per heavy atom. The minimum atomic E-state index is -0.439. The van der Waals surface area contributed by atoms with Gasteiger partial charge in [-0.15, -0.1) is 0 Å². The van der Waals surface area contributed by atoms with E-state index in [1.165, 1.54) is 6.07 Å². The van der Waals surface area contributed by atoms with Crippen LogP contribution in [0, 0.1) is 0 Å². The Bertz CT molecular complexity index is 750. The van der Waals surface area contributed by atoms with Gasteiger partial charge in [0.05, 0.1) is 17.2 Å². The van der Waals surface area contributed by atoms with E-state index in [-0.39, 0.29) is 13.0 Å². The molecule has 5 nitrogen and oxygen atoms in total. The average Bonchev–Trinajstić information content (AvgIpc) is 2.56. The van der Waals surface area contributed by atoms with Gasteiger partial charge in [-0.3, -0.25) is 9.59 Å². The van der Waals surface area contributed by atoms with Gasteiger partial charge in [0.25, 0.3) is 0 Å². The average molecular weight is 367 g/mol. The fraction of sp³-hybridized carbons (Fsp3) is 0.176. The van der Waals surface area contributed by atoms with Crippen LogP contribution in [0.4, 0.5) is 5.69 Å². The number of ether oxygens (including phenoxy) is 1. The van der Waals surface area contributed by atoms with E-state index in [2.05, 4.69) is 10.6 Å². The summed E-state index contributed by atoms with van der Waals surface area (Å²) in [4.78, 5) is 23.8. The zero-order chi connectivity index (χ0) is 17.5. The number of halogens is 2. The smallest absolute Gasteiger partial charge is 0.233 e. The van der Waals surface area contributed by atoms with Crippen molar-refractivity contribution in [3.8, 4) is 5.75 Å². The van der Waals surface area contributed by atoms with Gasteiger partial charge in [0.1, 0.15) is 12.2 Å². The lowest BCUT2D eigenvalue weighted by atomic mass is 10.2. The molecule has 0 aliphatic rings. The summed E-state index contributed by atoms with van der Waals surface area (Å²) in [5.74, 6) is -0.151. The normalized spacial score (nSPS) is 10.1. The van der Waals surface area contributed by atoms with E-state index in [0.29, 0.717) is 21.5 Å². The van der Waals surface area contributed by atoms with Crippen LogP contribution in [0.3, 0.4) is 0 Å². The molecule has 7 heteroatoms. The van der Waals surface area contributed by atoms with E-state index in [1.54, 1.807) is 25.3 Å². The molecule has 0 aliphatic heterocycles. The topological polar surface area (TPSA) is 67.4 Å². The van der Waals surface area contributed by atoms with Crippen molar-refractivity contribution in [3.63, 3.8) is 0 Å². The first-order chi connectivity index (χ1) is 11.5. The number of rotatable bonds is 6. The van der Waals surface area contributed by atoms with E-state index < -0.39 is 11.8 Å². The molecule has 0 atom stereocenters.